The third kappa shape index (κ3) is 20.1. The van der Waals surface area contributed by atoms with Crippen molar-refractivity contribution in [1.82, 2.24) is 0 Å². The zero-order valence-corrected chi connectivity index (χ0v) is 18.1. The molecule has 0 aliphatic heterocycles. The monoisotopic (exact) mass is 406 g/mol. The molecule has 0 radical (unpaired) electrons. The predicted molar refractivity (Wildman–Crippen MR) is 112 cm³/mol. The van der Waals surface area contributed by atoms with Gasteiger partial charge in [-0.3, -0.25) is 4.18 Å². The summed E-state index contributed by atoms with van der Waals surface area (Å²) in [5.41, 5.74) is 0. The lowest BCUT2D eigenvalue weighted by atomic mass is 10.1. The molecular formula is C21H42O5S. The molecule has 0 aromatic heterocycles. The average molecular weight is 407 g/mol. The Hall–Kier alpha value is -0.430. The molecule has 27 heavy (non-hydrogen) atoms. The van der Waals surface area contributed by atoms with Crippen molar-refractivity contribution in [3.63, 3.8) is 0 Å². The molecular weight excluding hydrogens is 364 g/mol. The molecule has 0 spiro atoms. The molecule has 0 amide bonds. The molecule has 5 nitrogen and oxygen atoms in total. The lowest BCUT2D eigenvalue weighted by Crippen LogP contribution is -2.25. The van der Waals surface area contributed by atoms with Gasteiger partial charge in [0.15, 0.2) is 0 Å². The van der Waals surface area contributed by atoms with E-state index in [0.29, 0.717) is 6.42 Å². The number of hydrogen-bond donors (Lipinski definition) is 2. The second-order valence-corrected chi connectivity index (χ2v) is 9.00. The minimum Gasteiger partial charge on any atom is -0.394 e. The molecule has 0 aromatic rings. The molecule has 0 aliphatic carbocycles. The van der Waals surface area contributed by atoms with E-state index in [1.807, 2.05) is 0 Å². The van der Waals surface area contributed by atoms with Crippen LogP contribution in [0.25, 0.3) is 0 Å². The Kier molecular flexibility index (Phi) is 18.6. The standard InChI is InChI=1S/C21H42O5S/c1-2-3-4-5-6-7-8-9-10-11-12-13-14-15-16-17-18-26-27(24,25)20-21(23)19-22/h9-10,21-23H,2-8,11-20H2,1H3. The summed E-state index contributed by atoms with van der Waals surface area (Å²) >= 11 is 0. The van der Waals surface area contributed by atoms with Gasteiger partial charge in [0, 0.05) is 0 Å². The topological polar surface area (TPSA) is 83.8 Å². The molecule has 1 unspecified atom stereocenters. The molecule has 2 N–H and O–H groups in total. The van der Waals surface area contributed by atoms with Gasteiger partial charge < -0.3 is 10.2 Å². The highest BCUT2D eigenvalue weighted by atomic mass is 32.2. The van der Waals surface area contributed by atoms with E-state index in [2.05, 4.69) is 19.1 Å². The average Bonchev–Trinajstić information content (AvgIpc) is 2.63. The zero-order valence-electron chi connectivity index (χ0n) is 17.3. The summed E-state index contributed by atoms with van der Waals surface area (Å²) in [5.74, 6) is -0.546. The summed E-state index contributed by atoms with van der Waals surface area (Å²) in [4.78, 5) is 0. The van der Waals surface area contributed by atoms with Crippen molar-refractivity contribution in [2.24, 2.45) is 0 Å². The van der Waals surface area contributed by atoms with Crippen LogP contribution < -0.4 is 0 Å². The zero-order chi connectivity index (χ0) is 20.2. The lowest BCUT2D eigenvalue weighted by molar-refractivity contribution is 0.109. The normalized spacial score (nSPS) is 13.4. The first kappa shape index (κ1) is 26.6. The summed E-state index contributed by atoms with van der Waals surface area (Å²) in [6, 6.07) is 0. The van der Waals surface area contributed by atoms with Gasteiger partial charge in [0.2, 0.25) is 0 Å². The van der Waals surface area contributed by atoms with Gasteiger partial charge in [-0.1, -0.05) is 76.9 Å². The van der Waals surface area contributed by atoms with Crippen molar-refractivity contribution >= 4 is 10.1 Å². The Labute approximate surface area is 167 Å². The van der Waals surface area contributed by atoms with Crippen molar-refractivity contribution in [2.75, 3.05) is 19.0 Å². The van der Waals surface area contributed by atoms with Gasteiger partial charge in [0.05, 0.1) is 19.3 Å². The molecule has 162 valence electrons. The number of allylic oxidation sites excluding steroid dienone is 2. The van der Waals surface area contributed by atoms with Gasteiger partial charge in [-0.2, -0.15) is 8.42 Å². The van der Waals surface area contributed by atoms with E-state index < -0.39 is 28.6 Å². The van der Waals surface area contributed by atoms with Crippen molar-refractivity contribution in [1.29, 1.82) is 0 Å². The maximum Gasteiger partial charge on any atom is 0.269 e. The van der Waals surface area contributed by atoms with Crippen LogP contribution in [0.1, 0.15) is 96.8 Å². The summed E-state index contributed by atoms with van der Waals surface area (Å²) in [7, 11) is -3.73. The molecule has 6 heteroatoms. The second kappa shape index (κ2) is 18.9. The Morgan fingerprint density at radius 1 is 0.815 bits per heavy atom. The van der Waals surface area contributed by atoms with Gasteiger partial charge in [0.1, 0.15) is 5.75 Å². The fraction of sp³-hybridized carbons (Fsp3) is 0.905. The summed E-state index contributed by atoms with van der Waals surface area (Å²) in [6.07, 6.45) is 20.2. The minimum atomic E-state index is -3.73. The smallest absolute Gasteiger partial charge is 0.269 e. The van der Waals surface area contributed by atoms with Gasteiger partial charge >= 0.3 is 0 Å². The van der Waals surface area contributed by atoms with Crippen LogP contribution in [0.3, 0.4) is 0 Å². The number of aliphatic hydroxyl groups excluding tert-OH is 2. The highest BCUT2D eigenvalue weighted by Crippen LogP contribution is 2.10. The van der Waals surface area contributed by atoms with E-state index in [4.69, 9.17) is 14.4 Å². The Morgan fingerprint density at radius 2 is 1.30 bits per heavy atom. The van der Waals surface area contributed by atoms with Crippen LogP contribution in [0.15, 0.2) is 12.2 Å². The first-order chi connectivity index (χ1) is 13.0. The largest absolute Gasteiger partial charge is 0.394 e. The van der Waals surface area contributed by atoms with Crippen LogP contribution in [0, 0.1) is 0 Å². The van der Waals surface area contributed by atoms with Crippen LogP contribution in [0.2, 0.25) is 0 Å². The number of unbranched alkanes of at least 4 members (excludes halogenated alkanes) is 12. The molecule has 0 heterocycles. The van der Waals surface area contributed by atoms with Crippen LogP contribution >= 0.6 is 0 Å². The van der Waals surface area contributed by atoms with Gasteiger partial charge in [-0.15, -0.1) is 0 Å². The van der Waals surface area contributed by atoms with Crippen LogP contribution in [-0.2, 0) is 14.3 Å². The Morgan fingerprint density at radius 3 is 1.81 bits per heavy atom. The molecule has 0 fully saturated rings. The second-order valence-electron chi connectivity index (χ2n) is 7.32. The molecule has 0 bridgehead atoms. The Bertz CT molecular complexity index is 434. The van der Waals surface area contributed by atoms with E-state index in [0.717, 1.165) is 19.3 Å². The number of aliphatic hydroxyl groups is 2. The molecule has 0 aromatic carbocycles. The maximum atomic E-state index is 11.5. The third-order valence-electron chi connectivity index (χ3n) is 4.53. The summed E-state index contributed by atoms with van der Waals surface area (Å²) < 4.78 is 27.7. The van der Waals surface area contributed by atoms with E-state index >= 15 is 0 Å². The van der Waals surface area contributed by atoms with Crippen LogP contribution in [0.5, 0.6) is 0 Å². The highest BCUT2D eigenvalue weighted by molar-refractivity contribution is 7.86. The highest BCUT2D eigenvalue weighted by Gasteiger charge is 2.16. The first-order valence-electron chi connectivity index (χ1n) is 10.8. The van der Waals surface area contributed by atoms with Crippen LogP contribution in [0.4, 0.5) is 0 Å². The lowest BCUT2D eigenvalue weighted by Gasteiger charge is -2.08. The molecule has 0 saturated heterocycles. The van der Waals surface area contributed by atoms with E-state index in [1.54, 1.807) is 0 Å². The minimum absolute atomic E-state index is 0.154. The molecule has 0 saturated carbocycles. The van der Waals surface area contributed by atoms with E-state index in [9.17, 15) is 8.42 Å². The summed E-state index contributed by atoms with van der Waals surface area (Å²) in [6.45, 7) is 1.83. The summed E-state index contributed by atoms with van der Waals surface area (Å²) in [5, 5.41) is 17.8. The van der Waals surface area contributed by atoms with Gasteiger partial charge in [0.25, 0.3) is 10.1 Å². The number of hydrogen-bond acceptors (Lipinski definition) is 5. The molecule has 0 aliphatic rings. The van der Waals surface area contributed by atoms with Crippen LogP contribution in [-0.4, -0.2) is 43.7 Å². The maximum absolute atomic E-state index is 11.5. The Balaban J connectivity index is 3.32. The third-order valence-corrected chi connectivity index (χ3v) is 5.85. The van der Waals surface area contributed by atoms with E-state index in [1.165, 1.54) is 64.2 Å². The van der Waals surface area contributed by atoms with Gasteiger partial charge in [-0.25, -0.2) is 0 Å². The van der Waals surface area contributed by atoms with E-state index in [-0.39, 0.29) is 6.61 Å². The molecule has 0 rings (SSSR count). The van der Waals surface area contributed by atoms with Gasteiger partial charge in [-0.05, 0) is 32.1 Å². The SMILES string of the molecule is CCCCCCCCC=CCCCCCCCCOS(=O)(=O)CC(O)CO. The quantitative estimate of drug-likeness (QED) is 0.174. The molecule has 1 atom stereocenters. The first-order valence-corrected chi connectivity index (χ1v) is 12.4. The van der Waals surface area contributed by atoms with Crippen molar-refractivity contribution in [3.8, 4) is 0 Å². The van der Waals surface area contributed by atoms with Crippen molar-refractivity contribution < 1.29 is 22.8 Å². The number of rotatable bonds is 20. The van der Waals surface area contributed by atoms with Crippen molar-refractivity contribution in [2.45, 2.75) is 103 Å². The fourth-order valence-electron chi connectivity index (χ4n) is 2.87. The fourth-order valence-corrected chi connectivity index (χ4v) is 3.92. The predicted octanol–water partition coefficient (Wildman–Crippen LogP) is 4.72. The van der Waals surface area contributed by atoms with Crippen molar-refractivity contribution in [3.05, 3.63) is 12.2 Å².